The van der Waals surface area contributed by atoms with Crippen molar-refractivity contribution in [3.8, 4) is 11.5 Å². The molecule has 2 atom stereocenters. The van der Waals surface area contributed by atoms with Crippen LogP contribution < -0.4 is 9.47 Å². The lowest BCUT2D eigenvalue weighted by molar-refractivity contribution is -0.149. The first-order valence-electron chi connectivity index (χ1n) is 12.0. The molecule has 6 heteroatoms. The molecule has 0 N–H and O–H groups in total. The number of methoxy groups -OCH3 is 2. The lowest BCUT2D eigenvalue weighted by atomic mass is 10.00. The minimum absolute atomic E-state index is 0.396. The fourth-order valence-electron chi connectivity index (χ4n) is 4.08. The van der Waals surface area contributed by atoms with Crippen molar-refractivity contribution in [1.82, 2.24) is 0 Å². The summed E-state index contributed by atoms with van der Waals surface area (Å²) in [6.07, 6.45) is 3.27. The highest BCUT2D eigenvalue weighted by Crippen LogP contribution is 2.43. The van der Waals surface area contributed by atoms with Crippen LogP contribution in [0.5, 0.6) is 11.5 Å². The molecule has 0 saturated heterocycles. The molecule has 2 unspecified atom stereocenters. The summed E-state index contributed by atoms with van der Waals surface area (Å²) >= 11 is 0. The highest BCUT2D eigenvalue weighted by molar-refractivity contribution is 6.11. The van der Waals surface area contributed by atoms with Gasteiger partial charge in [0.1, 0.15) is 11.5 Å². The minimum Gasteiger partial charge on any atom is -0.477 e. The van der Waals surface area contributed by atoms with Gasteiger partial charge >= 0.3 is 11.9 Å². The molecule has 3 aromatic rings. The van der Waals surface area contributed by atoms with Gasteiger partial charge in [-0.25, -0.2) is 9.59 Å². The number of esters is 2. The van der Waals surface area contributed by atoms with E-state index in [1.807, 2.05) is 48.5 Å². The zero-order chi connectivity index (χ0) is 24.5. The summed E-state index contributed by atoms with van der Waals surface area (Å²) in [6, 6.07) is 15.4. The van der Waals surface area contributed by atoms with Gasteiger partial charge in [0.05, 0.1) is 14.2 Å². The topological polar surface area (TPSA) is 71.1 Å². The number of rotatable bonds is 12. The van der Waals surface area contributed by atoms with E-state index in [0.717, 1.165) is 47.2 Å². The number of ether oxygens (including phenoxy) is 4. The van der Waals surface area contributed by atoms with Crippen molar-refractivity contribution in [3.05, 3.63) is 48.5 Å². The van der Waals surface area contributed by atoms with Crippen LogP contribution in [0.15, 0.2) is 48.5 Å². The van der Waals surface area contributed by atoms with E-state index in [2.05, 4.69) is 13.8 Å². The molecule has 6 nitrogen and oxygen atoms in total. The molecule has 0 aromatic heterocycles. The van der Waals surface area contributed by atoms with Crippen molar-refractivity contribution in [2.45, 2.75) is 64.6 Å². The van der Waals surface area contributed by atoms with Gasteiger partial charge in [-0.2, -0.15) is 0 Å². The van der Waals surface area contributed by atoms with Crippen LogP contribution >= 0.6 is 0 Å². The van der Waals surface area contributed by atoms with Crippen molar-refractivity contribution in [3.63, 3.8) is 0 Å². The molecule has 0 heterocycles. The Hall–Kier alpha value is -3.28. The van der Waals surface area contributed by atoms with Crippen LogP contribution in [0.4, 0.5) is 0 Å². The van der Waals surface area contributed by atoms with Crippen LogP contribution in [0.25, 0.3) is 21.5 Å². The van der Waals surface area contributed by atoms with Gasteiger partial charge in [-0.1, -0.05) is 75.2 Å². The Morgan fingerprint density at radius 2 is 0.971 bits per heavy atom. The van der Waals surface area contributed by atoms with E-state index in [4.69, 9.17) is 18.9 Å². The molecule has 3 rings (SSSR count). The third-order valence-corrected chi connectivity index (χ3v) is 5.92. The summed E-state index contributed by atoms with van der Waals surface area (Å²) in [5.41, 5.74) is 0. The normalized spacial score (nSPS) is 12.8. The van der Waals surface area contributed by atoms with Crippen molar-refractivity contribution >= 4 is 33.5 Å². The summed E-state index contributed by atoms with van der Waals surface area (Å²) in [5.74, 6) is 0.418. The predicted octanol–water partition coefficient (Wildman–Crippen LogP) is 6.21. The molecule has 0 amide bonds. The van der Waals surface area contributed by atoms with E-state index >= 15 is 0 Å². The second kappa shape index (κ2) is 12.3. The van der Waals surface area contributed by atoms with E-state index in [0.29, 0.717) is 24.3 Å². The zero-order valence-corrected chi connectivity index (χ0v) is 20.5. The molecule has 0 aliphatic heterocycles. The number of unbranched alkanes of at least 4 members (excludes halogenated alkanes) is 2. The first-order valence-corrected chi connectivity index (χ1v) is 12.0. The van der Waals surface area contributed by atoms with Crippen LogP contribution in [-0.2, 0) is 19.1 Å². The Balaban J connectivity index is 2.17. The van der Waals surface area contributed by atoms with Crippen molar-refractivity contribution in [2.75, 3.05) is 14.2 Å². The number of carbonyl (C=O) groups is 2. The summed E-state index contributed by atoms with van der Waals surface area (Å²) in [5, 5.41) is 3.22. The highest BCUT2D eigenvalue weighted by Gasteiger charge is 2.27. The molecule has 0 spiro atoms. The van der Waals surface area contributed by atoms with E-state index < -0.39 is 24.1 Å². The van der Waals surface area contributed by atoms with Crippen LogP contribution in [0.1, 0.15) is 52.4 Å². The lowest BCUT2D eigenvalue weighted by Gasteiger charge is -2.23. The van der Waals surface area contributed by atoms with Gasteiger partial charge in [0.15, 0.2) is 12.2 Å². The van der Waals surface area contributed by atoms with Gasteiger partial charge in [0.2, 0.25) is 0 Å². The average Bonchev–Trinajstić information content (AvgIpc) is 2.88. The molecule has 0 aliphatic carbocycles. The van der Waals surface area contributed by atoms with Crippen LogP contribution in [-0.4, -0.2) is 38.4 Å². The van der Waals surface area contributed by atoms with Crippen molar-refractivity contribution in [1.29, 1.82) is 0 Å². The Labute approximate surface area is 201 Å². The maximum Gasteiger partial charge on any atom is 0.347 e. The standard InChI is InChI=1S/C28H34O6/c1-5-7-17-23(27(29)31-3)33-25-19-13-9-11-15-21(19)26(22-16-12-10-14-20(22)25)34-24(18-8-6-2)28(30)32-4/h9-16,23-24H,5-8,17-18H2,1-4H3. The van der Waals surface area contributed by atoms with Gasteiger partial charge < -0.3 is 18.9 Å². The van der Waals surface area contributed by atoms with Crippen LogP contribution in [0, 0.1) is 0 Å². The summed E-state index contributed by atoms with van der Waals surface area (Å²) < 4.78 is 22.8. The maximum absolute atomic E-state index is 12.5. The van der Waals surface area contributed by atoms with Gasteiger partial charge in [0.25, 0.3) is 0 Å². The van der Waals surface area contributed by atoms with E-state index in [1.54, 1.807) is 0 Å². The first-order chi connectivity index (χ1) is 16.5. The predicted molar refractivity (Wildman–Crippen MR) is 133 cm³/mol. The van der Waals surface area contributed by atoms with Gasteiger partial charge in [-0.3, -0.25) is 0 Å². The number of carbonyl (C=O) groups excluding carboxylic acids is 2. The average molecular weight is 467 g/mol. The lowest BCUT2D eigenvalue weighted by Crippen LogP contribution is -2.29. The minimum atomic E-state index is -0.712. The van der Waals surface area contributed by atoms with Crippen molar-refractivity contribution < 1.29 is 28.5 Å². The van der Waals surface area contributed by atoms with Gasteiger partial charge in [-0.05, 0) is 25.7 Å². The quantitative estimate of drug-likeness (QED) is 0.233. The smallest absolute Gasteiger partial charge is 0.347 e. The summed E-state index contributed by atoms with van der Waals surface area (Å²) in [4.78, 5) is 25.0. The Morgan fingerprint density at radius 1 is 0.647 bits per heavy atom. The molecular formula is C28H34O6. The molecule has 0 bridgehead atoms. The molecule has 3 aromatic carbocycles. The Bertz CT molecular complexity index is 978. The Morgan fingerprint density at radius 3 is 1.24 bits per heavy atom. The molecular weight excluding hydrogens is 432 g/mol. The van der Waals surface area contributed by atoms with Crippen molar-refractivity contribution in [2.24, 2.45) is 0 Å². The largest absolute Gasteiger partial charge is 0.477 e. The van der Waals surface area contributed by atoms with Crippen LogP contribution in [0.2, 0.25) is 0 Å². The third-order valence-electron chi connectivity index (χ3n) is 5.92. The number of hydrogen-bond donors (Lipinski definition) is 0. The fraction of sp³-hybridized carbons (Fsp3) is 0.429. The van der Waals surface area contributed by atoms with E-state index in [9.17, 15) is 9.59 Å². The number of benzene rings is 3. The highest BCUT2D eigenvalue weighted by atomic mass is 16.6. The number of hydrogen-bond acceptors (Lipinski definition) is 6. The second-order valence-electron chi connectivity index (χ2n) is 8.29. The zero-order valence-electron chi connectivity index (χ0n) is 20.5. The van der Waals surface area contributed by atoms with Crippen LogP contribution in [0.3, 0.4) is 0 Å². The molecule has 34 heavy (non-hydrogen) atoms. The number of fused-ring (bicyclic) bond motifs is 2. The van der Waals surface area contributed by atoms with E-state index in [-0.39, 0.29) is 0 Å². The molecule has 182 valence electrons. The summed E-state index contributed by atoms with van der Waals surface area (Å²) in [6.45, 7) is 4.14. The maximum atomic E-state index is 12.5. The molecule has 0 saturated carbocycles. The molecule has 0 fully saturated rings. The first kappa shape index (κ1) is 25.3. The SMILES string of the molecule is CCCCC(Oc1c2ccccc2c(OC(CCCC)C(=O)OC)c2ccccc12)C(=O)OC. The molecule has 0 radical (unpaired) electrons. The third kappa shape index (κ3) is 5.61. The summed E-state index contributed by atoms with van der Waals surface area (Å²) in [7, 11) is 2.75. The van der Waals surface area contributed by atoms with E-state index in [1.165, 1.54) is 14.2 Å². The second-order valence-corrected chi connectivity index (χ2v) is 8.29. The molecule has 0 aliphatic rings. The van der Waals surface area contributed by atoms with Gasteiger partial charge in [-0.15, -0.1) is 0 Å². The Kier molecular flexibility index (Phi) is 9.14. The fourth-order valence-corrected chi connectivity index (χ4v) is 4.08. The monoisotopic (exact) mass is 466 g/mol. The van der Waals surface area contributed by atoms with Gasteiger partial charge in [0, 0.05) is 21.5 Å².